The fraction of sp³-hybridized carbons (Fsp3) is 0.375. The second-order valence-electron chi connectivity index (χ2n) is 5.27. The zero-order valence-corrected chi connectivity index (χ0v) is 11.9. The maximum Gasteiger partial charge on any atom is 0.336 e. The highest BCUT2D eigenvalue weighted by molar-refractivity contribution is 6.35. The summed E-state index contributed by atoms with van der Waals surface area (Å²) in [4.78, 5) is 16.4. The molecule has 2 aromatic rings. The van der Waals surface area contributed by atoms with Crippen LogP contribution in [0.4, 0.5) is 0 Å². The number of benzene rings is 1. The highest BCUT2D eigenvalue weighted by atomic mass is 35.5. The van der Waals surface area contributed by atoms with Crippen LogP contribution in [0.2, 0.25) is 5.02 Å². The first-order chi connectivity index (χ1) is 9.68. The van der Waals surface area contributed by atoms with E-state index in [0.717, 1.165) is 43.4 Å². The molecule has 4 heteroatoms. The van der Waals surface area contributed by atoms with E-state index < -0.39 is 5.97 Å². The van der Waals surface area contributed by atoms with Crippen LogP contribution in [0.3, 0.4) is 0 Å². The predicted octanol–water partition coefficient (Wildman–Crippen LogP) is 4.25. The quantitative estimate of drug-likeness (QED) is 0.854. The van der Waals surface area contributed by atoms with E-state index in [0.29, 0.717) is 21.5 Å². The van der Waals surface area contributed by atoms with Gasteiger partial charge in [-0.1, -0.05) is 36.6 Å². The summed E-state index contributed by atoms with van der Waals surface area (Å²) in [5, 5.41) is 10.8. The number of aryl methyl sites for hydroxylation is 1. The number of carboxylic acid groups (broad SMARTS) is 1. The molecule has 1 aromatic carbocycles. The standard InChI is InChI=1S/C16H16ClNO2/c17-12-8-5-7-11-14(16(19)20)10-6-3-1-2-4-9-13(10)18-15(11)12/h5,7-8H,1-4,6,9H2,(H,19,20). The van der Waals surface area contributed by atoms with Crippen molar-refractivity contribution in [3.63, 3.8) is 0 Å². The molecule has 0 atom stereocenters. The fourth-order valence-electron chi connectivity index (χ4n) is 3.01. The van der Waals surface area contributed by atoms with Crippen molar-refractivity contribution in [2.75, 3.05) is 0 Å². The van der Waals surface area contributed by atoms with Crippen molar-refractivity contribution in [2.45, 2.75) is 38.5 Å². The lowest BCUT2D eigenvalue weighted by Crippen LogP contribution is -2.11. The molecule has 1 heterocycles. The van der Waals surface area contributed by atoms with E-state index in [1.807, 2.05) is 0 Å². The summed E-state index contributed by atoms with van der Waals surface area (Å²) in [6.45, 7) is 0. The molecular weight excluding hydrogens is 274 g/mol. The Morgan fingerprint density at radius 3 is 2.65 bits per heavy atom. The number of aromatic carboxylic acids is 1. The minimum atomic E-state index is -0.878. The van der Waals surface area contributed by atoms with E-state index in [-0.39, 0.29) is 0 Å². The molecule has 3 rings (SSSR count). The van der Waals surface area contributed by atoms with Crippen molar-refractivity contribution in [2.24, 2.45) is 0 Å². The van der Waals surface area contributed by atoms with Gasteiger partial charge in [0.15, 0.2) is 0 Å². The second-order valence-corrected chi connectivity index (χ2v) is 5.67. The minimum Gasteiger partial charge on any atom is -0.478 e. The van der Waals surface area contributed by atoms with Gasteiger partial charge in [-0.3, -0.25) is 4.98 Å². The van der Waals surface area contributed by atoms with Crippen LogP contribution in [-0.4, -0.2) is 16.1 Å². The monoisotopic (exact) mass is 289 g/mol. The maximum atomic E-state index is 11.7. The molecule has 0 bridgehead atoms. The maximum absolute atomic E-state index is 11.7. The van der Waals surface area contributed by atoms with Crippen LogP contribution in [0.15, 0.2) is 18.2 Å². The Bertz CT molecular complexity index is 682. The van der Waals surface area contributed by atoms with Crippen LogP contribution < -0.4 is 0 Å². The average Bonchev–Trinajstić information content (AvgIpc) is 2.38. The third-order valence-electron chi connectivity index (χ3n) is 3.96. The van der Waals surface area contributed by atoms with Crippen LogP contribution in [0.1, 0.15) is 47.3 Å². The number of hydrogen-bond acceptors (Lipinski definition) is 2. The number of hydrogen-bond donors (Lipinski definition) is 1. The number of para-hydroxylation sites is 1. The van der Waals surface area contributed by atoms with Crippen molar-refractivity contribution >= 4 is 28.5 Å². The van der Waals surface area contributed by atoms with Crippen molar-refractivity contribution < 1.29 is 9.90 Å². The Labute approximate surface area is 122 Å². The smallest absolute Gasteiger partial charge is 0.336 e. The lowest BCUT2D eigenvalue weighted by molar-refractivity contribution is 0.0697. The van der Waals surface area contributed by atoms with E-state index >= 15 is 0 Å². The van der Waals surface area contributed by atoms with Gasteiger partial charge in [0.25, 0.3) is 0 Å². The number of rotatable bonds is 1. The number of aromatic nitrogens is 1. The van der Waals surface area contributed by atoms with Gasteiger partial charge in [-0.05, 0) is 37.3 Å². The highest BCUT2D eigenvalue weighted by Crippen LogP contribution is 2.31. The molecule has 0 aliphatic heterocycles. The highest BCUT2D eigenvalue weighted by Gasteiger charge is 2.21. The van der Waals surface area contributed by atoms with Gasteiger partial charge in [0.05, 0.1) is 16.1 Å². The SMILES string of the molecule is O=C(O)c1c2c(nc3c(Cl)cccc13)CCCCCC2. The molecule has 0 amide bonds. The first-order valence-electron chi connectivity index (χ1n) is 7.02. The molecule has 0 unspecified atom stereocenters. The van der Waals surface area contributed by atoms with Crippen LogP contribution in [-0.2, 0) is 12.8 Å². The second kappa shape index (κ2) is 5.41. The van der Waals surface area contributed by atoms with Crippen LogP contribution in [0.25, 0.3) is 10.9 Å². The summed E-state index contributed by atoms with van der Waals surface area (Å²) in [7, 11) is 0. The van der Waals surface area contributed by atoms with Crippen molar-refractivity contribution in [1.82, 2.24) is 4.98 Å². The Kier molecular flexibility index (Phi) is 3.62. The molecule has 1 aliphatic rings. The molecule has 0 radical (unpaired) electrons. The van der Waals surface area contributed by atoms with Gasteiger partial charge in [0.2, 0.25) is 0 Å². The van der Waals surface area contributed by atoms with Gasteiger partial charge < -0.3 is 5.11 Å². The van der Waals surface area contributed by atoms with Crippen molar-refractivity contribution in [3.8, 4) is 0 Å². The van der Waals surface area contributed by atoms with Crippen LogP contribution in [0.5, 0.6) is 0 Å². The summed E-state index contributed by atoms with van der Waals surface area (Å²) in [5.41, 5.74) is 2.84. The summed E-state index contributed by atoms with van der Waals surface area (Å²) >= 11 is 6.19. The number of fused-ring (bicyclic) bond motifs is 2. The zero-order valence-electron chi connectivity index (χ0n) is 11.2. The van der Waals surface area contributed by atoms with E-state index in [2.05, 4.69) is 4.98 Å². The van der Waals surface area contributed by atoms with E-state index in [4.69, 9.17) is 11.6 Å². The number of carboxylic acids is 1. The van der Waals surface area contributed by atoms with Crippen LogP contribution in [0, 0.1) is 0 Å². The zero-order chi connectivity index (χ0) is 14.1. The Morgan fingerprint density at radius 1 is 1.15 bits per heavy atom. The van der Waals surface area contributed by atoms with Gasteiger partial charge in [-0.2, -0.15) is 0 Å². The first kappa shape index (κ1) is 13.4. The predicted molar refractivity (Wildman–Crippen MR) is 79.6 cm³/mol. The van der Waals surface area contributed by atoms with E-state index in [1.165, 1.54) is 6.42 Å². The van der Waals surface area contributed by atoms with Crippen molar-refractivity contribution in [3.05, 3.63) is 40.0 Å². The van der Waals surface area contributed by atoms with E-state index in [9.17, 15) is 9.90 Å². The topological polar surface area (TPSA) is 50.2 Å². The molecule has 1 aromatic heterocycles. The Balaban J connectivity index is 2.34. The Hall–Kier alpha value is -1.61. The molecule has 1 N–H and O–H groups in total. The fourth-order valence-corrected chi connectivity index (χ4v) is 3.22. The minimum absolute atomic E-state index is 0.398. The number of pyridine rings is 1. The van der Waals surface area contributed by atoms with Gasteiger partial charge in [-0.25, -0.2) is 4.79 Å². The summed E-state index contributed by atoms with van der Waals surface area (Å²) < 4.78 is 0. The van der Waals surface area contributed by atoms with Gasteiger partial charge in [0, 0.05) is 11.1 Å². The number of carbonyl (C=O) groups is 1. The van der Waals surface area contributed by atoms with Gasteiger partial charge >= 0.3 is 5.97 Å². The summed E-state index contributed by atoms with van der Waals surface area (Å²) in [6, 6.07) is 5.35. The molecule has 104 valence electrons. The number of halogens is 1. The molecule has 0 saturated heterocycles. The first-order valence-corrected chi connectivity index (χ1v) is 7.39. The third kappa shape index (κ3) is 2.27. The van der Waals surface area contributed by atoms with E-state index in [1.54, 1.807) is 18.2 Å². The average molecular weight is 290 g/mol. The summed E-state index contributed by atoms with van der Waals surface area (Å²) in [5.74, 6) is -0.878. The molecule has 1 aliphatic carbocycles. The third-order valence-corrected chi connectivity index (χ3v) is 4.26. The molecule has 20 heavy (non-hydrogen) atoms. The molecule has 3 nitrogen and oxygen atoms in total. The van der Waals surface area contributed by atoms with Crippen molar-refractivity contribution in [1.29, 1.82) is 0 Å². The number of nitrogens with zero attached hydrogens (tertiary/aromatic N) is 1. The molecular formula is C16H16ClNO2. The van der Waals surface area contributed by atoms with Gasteiger partial charge in [0.1, 0.15) is 0 Å². The van der Waals surface area contributed by atoms with Gasteiger partial charge in [-0.15, -0.1) is 0 Å². The molecule has 0 spiro atoms. The lowest BCUT2D eigenvalue weighted by Gasteiger charge is -2.17. The molecule has 0 fully saturated rings. The normalized spacial score (nSPS) is 15.4. The van der Waals surface area contributed by atoms with Crippen LogP contribution >= 0.6 is 11.6 Å². The summed E-state index contributed by atoms with van der Waals surface area (Å²) in [6.07, 6.45) is 6.08. The Morgan fingerprint density at radius 2 is 1.90 bits per heavy atom. The largest absolute Gasteiger partial charge is 0.478 e. The molecule has 0 saturated carbocycles. The lowest BCUT2D eigenvalue weighted by atomic mass is 9.91.